The molecule has 8 nitrogen and oxygen atoms in total. The number of methoxy groups -OCH3 is 1. The minimum atomic E-state index is -0.310. The molecule has 4 aliphatic carbocycles. The zero-order valence-electron chi connectivity index (χ0n) is 28.5. The Morgan fingerprint density at radius 3 is 2.34 bits per heavy atom. The molecule has 0 unspecified atom stereocenters. The van der Waals surface area contributed by atoms with Crippen LogP contribution in [0.1, 0.15) is 96.9 Å². The molecule has 4 aliphatic rings. The highest BCUT2D eigenvalue weighted by molar-refractivity contribution is 5.95. The van der Waals surface area contributed by atoms with Gasteiger partial charge in [0.2, 0.25) is 5.91 Å². The van der Waals surface area contributed by atoms with Gasteiger partial charge in [0.25, 0.3) is 0 Å². The second kappa shape index (κ2) is 15.0. The lowest BCUT2D eigenvalue weighted by Gasteiger charge is -2.36. The van der Waals surface area contributed by atoms with E-state index in [1.165, 1.54) is 12.8 Å². The number of allylic oxidation sites excluding steroid dienone is 4. The van der Waals surface area contributed by atoms with Crippen molar-refractivity contribution < 1.29 is 19.1 Å². The van der Waals surface area contributed by atoms with E-state index in [1.54, 1.807) is 7.11 Å². The van der Waals surface area contributed by atoms with E-state index in [1.807, 2.05) is 12.3 Å². The van der Waals surface area contributed by atoms with Crippen LogP contribution < -0.4 is 10.2 Å². The summed E-state index contributed by atoms with van der Waals surface area (Å²) in [5.74, 6) is 1.87. The third-order valence-electron chi connectivity index (χ3n) is 10.4. The Kier molecular flexibility index (Phi) is 10.5. The summed E-state index contributed by atoms with van der Waals surface area (Å²) in [6.45, 7) is 9.21. The maximum atomic E-state index is 14.4. The van der Waals surface area contributed by atoms with Gasteiger partial charge in [-0.3, -0.25) is 9.48 Å². The molecule has 1 aromatic carbocycles. The number of aromatic nitrogens is 2. The second-order valence-electron chi connectivity index (χ2n) is 14.4. The van der Waals surface area contributed by atoms with Gasteiger partial charge in [-0.2, -0.15) is 5.10 Å². The fraction of sp³-hybridized carbons (Fsp3) is 0.564. The molecule has 0 bridgehead atoms. The van der Waals surface area contributed by atoms with Crippen molar-refractivity contribution in [3.05, 3.63) is 72.3 Å². The zero-order valence-corrected chi connectivity index (χ0v) is 28.5. The monoisotopic (exact) mass is 640 g/mol. The van der Waals surface area contributed by atoms with Crippen molar-refractivity contribution in [2.24, 2.45) is 17.8 Å². The summed E-state index contributed by atoms with van der Waals surface area (Å²) in [6.07, 6.45) is 19.4. The number of rotatable bonds is 12. The van der Waals surface area contributed by atoms with Crippen molar-refractivity contribution in [3.63, 3.8) is 0 Å². The highest BCUT2D eigenvalue weighted by Gasteiger charge is 2.34. The van der Waals surface area contributed by atoms with E-state index < -0.39 is 0 Å². The molecule has 2 amide bonds. The number of amides is 2. The summed E-state index contributed by atoms with van der Waals surface area (Å²) in [6, 6.07) is 9.24. The first-order chi connectivity index (χ1) is 22.8. The highest BCUT2D eigenvalue weighted by Crippen LogP contribution is 2.38. The zero-order chi connectivity index (χ0) is 32.9. The van der Waals surface area contributed by atoms with Crippen molar-refractivity contribution in [1.82, 2.24) is 15.1 Å². The van der Waals surface area contributed by atoms with Crippen LogP contribution in [0.5, 0.6) is 0 Å². The largest absolute Gasteiger partial charge is 0.497 e. The van der Waals surface area contributed by atoms with Gasteiger partial charge in [0, 0.05) is 36.0 Å². The average molecular weight is 641 g/mol. The molecule has 0 radical (unpaired) electrons. The lowest BCUT2D eigenvalue weighted by atomic mass is 9.78. The molecule has 6 rings (SSSR count). The number of alkyl carbamates (subject to hydrolysis) is 1. The fourth-order valence-corrected chi connectivity index (χ4v) is 7.16. The van der Waals surface area contributed by atoms with Crippen molar-refractivity contribution in [3.8, 4) is 11.1 Å². The van der Waals surface area contributed by atoms with Gasteiger partial charge >= 0.3 is 6.09 Å². The standard InChI is InChI=1S/C39H52N4O4/c1-26(2)37(46-4)21-8-27(3)29-11-9-28(10-12-29)24-42(35-7-5-6-31(22-35)32-23-40-43(25-32)34-17-18-34)38(44)30-13-19-36(20-14-30)47-39(45)41-33-15-16-33/h5-8,21-23,25,28-30,33-34,36H,3,9-20,24H2,1-2,4H3,(H,41,45)/b21-8-/t28-,29-,30-,36-. The van der Waals surface area contributed by atoms with Crippen LogP contribution in [0, 0.1) is 17.8 Å². The maximum absolute atomic E-state index is 14.4. The van der Waals surface area contributed by atoms with Crippen LogP contribution in [0.15, 0.2) is 72.3 Å². The first kappa shape index (κ1) is 33.1. The number of nitrogens with zero attached hydrogens (tertiary/aromatic N) is 3. The number of ether oxygens (including phenoxy) is 2. The van der Waals surface area contributed by atoms with Crippen molar-refractivity contribution >= 4 is 17.7 Å². The Morgan fingerprint density at radius 1 is 0.957 bits per heavy atom. The number of hydrogen-bond donors (Lipinski definition) is 1. The first-order valence-corrected chi connectivity index (χ1v) is 17.8. The summed E-state index contributed by atoms with van der Waals surface area (Å²) >= 11 is 0. The van der Waals surface area contributed by atoms with Crippen molar-refractivity contribution in [2.45, 2.75) is 109 Å². The molecule has 252 valence electrons. The Labute approximate surface area is 280 Å². The summed E-state index contributed by atoms with van der Waals surface area (Å²) in [5, 5.41) is 7.53. The Balaban J connectivity index is 1.13. The van der Waals surface area contributed by atoms with Crippen LogP contribution in [0.25, 0.3) is 11.1 Å². The quantitative estimate of drug-likeness (QED) is 0.186. The number of benzene rings is 1. The summed E-state index contributed by atoms with van der Waals surface area (Å²) < 4.78 is 13.3. The molecular formula is C39H52N4O4. The first-order valence-electron chi connectivity index (χ1n) is 17.8. The van der Waals surface area contributed by atoms with Crippen LogP contribution in [0.4, 0.5) is 10.5 Å². The van der Waals surface area contributed by atoms with E-state index in [9.17, 15) is 9.59 Å². The Bertz CT molecular complexity index is 1480. The third kappa shape index (κ3) is 8.76. The minimum Gasteiger partial charge on any atom is -0.497 e. The number of hydrogen-bond acceptors (Lipinski definition) is 5. The van der Waals surface area contributed by atoms with Gasteiger partial charge < -0.3 is 19.7 Å². The maximum Gasteiger partial charge on any atom is 0.407 e. The van der Waals surface area contributed by atoms with Crippen LogP contribution in [-0.2, 0) is 14.3 Å². The van der Waals surface area contributed by atoms with E-state index in [0.29, 0.717) is 24.4 Å². The van der Waals surface area contributed by atoms with E-state index in [-0.39, 0.29) is 30.1 Å². The molecule has 2 aromatic rings. The van der Waals surface area contributed by atoms with Gasteiger partial charge in [-0.1, -0.05) is 30.4 Å². The summed E-state index contributed by atoms with van der Waals surface area (Å²) in [7, 11) is 1.71. The van der Waals surface area contributed by atoms with Gasteiger partial charge in [-0.15, -0.1) is 0 Å². The van der Waals surface area contributed by atoms with Crippen LogP contribution in [-0.4, -0.2) is 47.6 Å². The Hall–Kier alpha value is -3.81. The van der Waals surface area contributed by atoms with Gasteiger partial charge in [-0.05, 0) is 132 Å². The topological polar surface area (TPSA) is 85.7 Å². The third-order valence-corrected chi connectivity index (χ3v) is 10.4. The lowest BCUT2D eigenvalue weighted by molar-refractivity contribution is -0.124. The molecule has 1 heterocycles. The van der Waals surface area contributed by atoms with E-state index in [0.717, 1.165) is 97.9 Å². The second-order valence-corrected chi connectivity index (χ2v) is 14.4. The van der Waals surface area contributed by atoms with Gasteiger partial charge in [0.1, 0.15) is 11.9 Å². The van der Waals surface area contributed by atoms with Crippen LogP contribution >= 0.6 is 0 Å². The molecule has 1 aromatic heterocycles. The van der Waals surface area contributed by atoms with Gasteiger partial charge in [0.05, 0.1) is 19.3 Å². The fourth-order valence-electron chi connectivity index (χ4n) is 7.16. The summed E-state index contributed by atoms with van der Waals surface area (Å²) in [5.41, 5.74) is 5.43. The Morgan fingerprint density at radius 2 is 1.68 bits per heavy atom. The smallest absolute Gasteiger partial charge is 0.407 e. The van der Waals surface area contributed by atoms with Crippen LogP contribution in [0.2, 0.25) is 0 Å². The molecule has 1 N–H and O–H groups in total. The number of carbonyl (C=O) groups is 2. The highest BCUT2D eigenvalue weighted by atomic mass is 16.6. The molecule has 0 saturated heterocycles. The van der Waals surface area contributed by atoms with E-state index in [2.05, 4.69) is 77.0 Å². The normalized spacial score (nSPS) is 24.4. The van der Waals surface area contributed by atoms with Gasteiger partial charge in [-0.25, -0.2) is 4.79 Å². The van der Waals surface area contributed by atoms with Crippen molar-refractivity contribution in [2.75, 3.05) is 18.6 Å². The molecule has 0 spiro atoms. The number of carbonyl (C=O) groups excluding carboxylic acids is 2. The van der Waals surface area contributed by atoms with Crippen LogP contribution in [0.3, 0.4) is 0 Å². The minimum absolute atomic E-state index is 0.0751. The molecule has 4 saturated carbocycles. The van der Waals surface area contributed by atoms with E-state index in [4.69, 9.17) is 9.47 Å². The predicted molar refractivity (Wildman–Crippen MR) is 186 cm³/mol. The predicted octanol–water partition coefficient (Wildman–Crippen LogP) is 8.52. The lowest BCUT2D eigenvalue weighted by Crippen LogP contribution is -2.42. The molecule has 4 fully saturated rings. The molecule has 47 heavy (non-hydrogen) atoms. The molecular weight excluding hydrogens is 588 g/mol. The van der Waals surface area contributed by atoms with Gasteiger partial charge in [0.15, 0.2) is 0 Å². The number of anilines is 1. The molecule has 0 atom stereocenters. The number of nitrogens with one attached hydrogen (secondary N) is 1. The summed E-state index contributed by atoms with van der Waals surface area (Å²) in [4.78, 5) is 28.7. The SMILES string of the molecule is C=C(/C=C\C(OC)=C(C)C)[C@H]1CC[C@H](CN(c2cccc(-c3cnn(C4CC4)c3)c2)C(=O)[C@H]2CC[C@H](OC(=O)NC3CC3)CC2)CC1. The molecule has 8 heteroatoms. The average Bonchev–Trinajstić information content (AvgIpc) is 4.03. The van der Waals surface area contributed by atoms with E-state index >= 15 is 0 Å². The van der Waals surface area contributed by atoms with Crippen molar-refractivity contribution in [1.29, 1.82) is 0 Å². The molecule has 0 aliphatic heterocycles.